The van der Waals surface area contributed by atoms with Crippen LogP contribution in [0.15, 0.2) is 24.3 Å². The smallest absolute Gasteiger partial charge is 0.155 e. The zero-order valence-corrected chi connectivity index (χ0v) is 11.9. The number of nitrogens with zero attached hydrogens (tertiary/aromatic N) is 1. The molecule has 1 aromatic rings. The van der Waals surface area contributed by atoms with Gasteiger partial charge in [0.1, 0.15) is 5.41 Å². The molecule has 2 rings (SSSR count). The summed E-state index contributed by atoms with van der Waals surface area (Å²) >= 11 is 5.80. The summed E-state index contributed by atoms with van der Waals surface area (Å²) in [6.45, 7) is 1.09. The van der Waals surface area contributed by atoms with Gasteiger partial charge in [0.25, 0.3) is 0 Å². The first-order valence-electron chi connectivity index (χ1n) is 5.92. The number of rotatable bonds is 4. The van der Waals surface area contributed by atoms with Crippen LogP contribution in [0.3, 0.4) is 0 Å². The Morgan fingerprint density at radius 1 is 1.42 bits per heavy atom. The monoisotopic (exact) mass is 299 g/mol. The number of aliphatic hydroxyl groups excluding tert-OH is 1. The molecule has 0 unspecified atom stereocenters. The number of halogens is 1. The third kappa shape index (κ3) is 2.14. The van der Waals surface area contributed by atoms with Crippen LogP contribution in [-0.2, 0) is 9.84 Å². The van der Waals surface area contributed by atoms with E-state index in [2.05, 4.69) is 0 Å². The van der Waals surface area contributed by atoms with Gasteiger partial charge in [0.15, 0.2) is 9.84 Å². The zero-order valence-electron chi connectivity index (χ0n) is 10.4. The molecule has 0 spiro atoms. The average molecular weight is 300 g/mol. The van der Waals surface area contributed by atoms with Crippen LogP contribution < -0.4 is 0 Å². The molecule has 0 heterocycles. The Morgan fingerprint density at radius 2 is 2.00 bits per heavy atom. The molecule has 3 atom stereocenters. The van der Waals surface area contributed by atoms with E-state index in [1.165, 1.54) is 0 Å². The number of benzene rings is 1. The molecule has 1 saturated carbocycles. The minimum Gasteiger partial charge on any atom is -0.395 e. The van der Waals surface area contributed by atoms with Crippen molar-refractivity contribution in [1.29, 1.82) is 5.26 Å². The molecule has 1 fully saturated rings. The normalized spacial score (nSPS) is 29.8. The van der Waals surface area contributed by atoms with Crippen molar-refractivity contribution in [2.45, 2.75) is 18.1 Å². The summed E-state index contributed by atoms with van der Waals surface area (Å²) in [5.41, 5.74) is -0.495. The molecule has 0 aliphatic heterocycles. The van der Waals surface area contributed by atoms with E-state index in [0.29, 0.717) is 5.02 Å². The van der Waals surface area contributed by atoms with Gasteiger partial charge >= 0.3 is 0 Å². The molecule has 102 valence electrons. The van der Waals surface area contributed by atoms with Gasteiger partial charge in [-0.05, 0) is 17.7 Å². The zero-order chi connectivity index (χ0) is 14.3. The van der Waals surface area contributed by atoms with E-state index in [1.54, 1.807) is 31.2 Å². The molecule has 19 heavy (non-hydrogen) atoms. The van der Waals surface area contributed by atoms with Gasteiger partial charge in [0.05, 0.1) is 17.9 Å². The van der Waals surface area contributed by atoms with Gasteiger partial charge in [-0.1, -0.05) is 30.7 Å². The Morgan fingerprint density at radius 3 is 2.42 bits per heavy atom. The van der Waals surface area contributed by atoms with Crippen molar-refractivity contribution in [1.82, 2.24) is 0 Å². The topological polar surface area (TPSA) is 78.2 Å². The molecule has 4 nitrogen and oxygen atoms in total. The van der Waals surface area contributed by atoms with E-state index in [1.807, 2.05) is 6.07 Å². The van der Waals surface area contributed by atoms with Crippen LogP contribution in [-0.4, -0.2) is 31.1 Å². The highest BCUT2D eigenvalue weighted by atomic mass is 35.5. The molecular formula is C13H14ClNO3S. The van der Waals surface area contributed by atoms with Gasteiger partial charge in [0, 0.05) is 16.7 Å². The lowest BCUT2D eigenvalue weighted by Crippen LogP contribution is -2.19. The van der Waals surface area contributed by atoms with E-state index in [4.69, 9.17) is 11.6 Å². The molecule has 0 aromatic heterocycles. The van der Waals surface area contributed by atoms with Crippen molar-refractivity contribution in [3.63, 3.8) is 0 Å². The molecule has 0 bridgehead atoms. The summed E-state index contributed by atoms with van der Waals surface area (Å²) in [5.74, 6) is -0.518. The van der Waals surface area contributed by atoms with Gasteiger partial charge in [0.2, 0.25) is 0 Å². The highest BCUT2D eigenvalue weighted by Gasteiger charge is 2.71. The minimum absolute atomic E-state index is 0.0365. The number of hydrogen-bond donors (Lipinski definition) is 1. The van der Waals surface area contributed by atoms with Gasteiger partial charge in [-0.3, -0.25) is 0 Å². The van der Waals surface area contributed by atoms with Crippen molar-refractivity contribution in [3.05, 3.63) is 34.9 Å². The van der Waals surface area contributed by atoms with Crippen molar-refractivity contribution >= 4 is 21.4 Å². The Labute approximate surface area is 117 Å². The lowest BCUT2D eigenvalue weighted by atomic mass is 10.0. The first-order valence-corrected chi connectivity index (χ1v) is 8.01. The van der Waals surface area contributed by atoms with E-state index in [0.717, 1.165) is 5.56 Å². The van der Waals surface area contributed by atoms with Crippen molar-refractivity contribution in [2.24, 2.45) is 5.41 Å². The van der Waals surface area contributed by atoms with Crippen molar-refractivity contribution < 1.29 is 13.5 Å². The number of hydrogen-bond acceptors (Lipinski definition) is 4. The average Bonchev–Trinajstić information content (AvgIpc) is 3.10. The number of nitriles is 1. The van der Waals surface area contributed by atoms with Gasteiger partial charge < -0.3 is 5.11 Å². The number of sulfone groups is 1. The fraction of sp³-hybridized carbons (Fsp3) is 0.462. The fourth-order valence-corrected chi connectivity index (χ4v) is 4.75. The van der Waals surface area contributed by atoms with Crippen molar-refractivity contribution in [3.8, 4) is 6.07 Å². The Hall–Kier alpha value is -1.09. The van der Waals surface area contributed by atoms with Crippen LogP contribution >= 0.6 is 11.6 Å². The van der Waals surface area contributed by atoms with Crippen LogP contribution in [0.5, 0.6) is 0 Å². The second-order valence-corrected chi connectivity index (χ2v) is 7.56. The molecule has 0 saturated heterocycles. The maximum absolute atomic E-state index is 12.1. The van der Waals surface area contributed by atoms with Crippen LogP contribution in [0.25, 0.3) is 0 Å². The maximum Gasteiger partial charge on any atom is 0.155 e. The van der Waals surface area contributed by atoms with E-state index < -0.39 is 33.0 Å². The van der Waals surface area contributed by atoms with E-state index >= 15 is 0 Å². The van der Waals surface area contributed by atoms with Gasteiger partial charge in [-0.25, -0.2) is 8.42 Å². The molecule has 1 aliphatic carbocycles. The van der Waals surface area contributed by atoms with Gasteiger partial charge in [-0.15, -0.1) is 0 Å². The standard InChI is InChI=1S/C13H14ClNO3S/c1-2-19(17,18)12-11(13(12,7-15)8-16)9-3-5-10(14)6-4-9/h3-6,11-12,16H,2,8H2,1H3/t11-,12-,13+/m1/s1. The molecular weight excluding hydrogens is 286 g/mol. The van der Waals surface area contributed by atoms with E-state index in [9.17, 15) is 18.8 Å². The second-order valence-electron chi connectivity index (χ2n) is 4.71. The molecule has 1 aromatic carbocycles. The van der Waals surface area contributed by atoms with E-state index in [-0.39, 0.29) is 5.75 Å². The minimum atomic E-state index is -3.38. The Balaban J connectivity index is 2.46. The molecule has 0 amide bonds. The Kier molecular flexibility index (Phi) is 3.61. The quantitative estimate of drug-likeness (QED) is 0.918. The number of aliphatic hydroxyl groups is 1. The second kappa shape index (κ2) is 4.78. The van der Waals surface area contributed by atoms with Crippen LogP contribution in [0, 0.1) is 16.7 Å². The first-order chi connectivity index (χ1) is 8.93. The summed E-state index contributed by atoms with van der Waals surface area (Å²) < 4.78 is 24.1. The first kappa shape index (κ1) is 14.3. The predicted molar refractivity (Wildman–Crippen MR) is 72.6 cm³/mol. The van der Waals surface area contributed by atoms with Crippen LogP contribution in [0.1, 0.15) is 18.4 Å². The molecule has 6 heteroatoms. The van der Waals surface area contributed by atoms with Gasteiger partial charge in [-0.2, -0.15) is 5.26 Å². The van der Waals surface area contributed by atoms with Crippen molar-refractivity contribution in [2.75, 3.05) is 12.4 Å². The molecule has 0 radical (unpaired) electrons. The Bertz CT molecular complexity index is 620. The summed E-state index contributed by atoms with van der Waals surface area (Å²) in [4.78, 5) is 0. The summed E-state index contributed by atoms with van der Waals surface area (Å²) in [6, 6.07) is 8.72. The lowest BCUT2D eigenvalue weighted by Gasteiger charge is -2.03. The SMILES string of the molecule is CCS(=O)(=O)[C@@H]1[C@@H](c2ccc(Cl)cc2)[C@]1(C#N)CO. The highest BCUT2D eigenvalue weighted by molar-refractivity contribution is 7.92. The third-order valence-electron chi connectivity index (χ3n) is 3.74. The molecule has 1 aliphatic rings. The predicted octanol–water partition coefficient (Wildman–Crippen LogP) is 1.74. The fourth-order valence-electron chi connectivity index (χ4n) is 2.61. The van der Waals surface area contributed by atoms with Crippen LogP contribution in [0.4, 0.5) is 0 Å². The lowest BCUT2D eigenvalue weighted by molar-refractivity contribution is 0.242. The largest absolute Gasteiger partial charge is 0.395 e. The molecule has 1 N–H and O–H groups in total. The maximum atomic E-state index is 12.1. The van der Waals surface area contributed by atoms with Crippen LogP contribution in [0.2, 0.25) is 5.02 Å². The third-order valence-corrected chi connectivity index (χ3v) is 6.27. The summed E-state index contributed by atoms with van der Waals surface area (Å²) in [5, 5.41) is 18.4. The summed E-state index contributed by atoms with van der Waals surface area (Å²) in [6.07, 6.45) is 0. The highest BCUT2D eigenvalue weighted by Crippen LogP contribution is 2.62. The summed E-state index contributed by atoms with van der Waals surface area (Å²) in [7, 11) is -3.38.